The minimum atomic E-state index is -0.0439. The number of rotatable bonds is 36. The van der Waals surface area contributed by atoms with Crippen LogP contribution < -0.4 is 0 Å². The monoisotopic (exact) mass is 637 g/mol. The van der Waals surface area contributed by atoms with E-state index in [1.54, 1.807) is 0 Å². The lowest BCUT2D eigenvalue weighted by Gasteiger charge is -2.32. The Morgan fingerprint density at radius 1 is 0.378 bits per heavy atom. The van der Waals surface area contributed by atoms with Crippen molar-refractivity contribution < 1.29 is 19.2 Å². The summed E-state index contributed by atoms with van der Waals surface area (Å²) in [7, 11) is 0. The molecule has 0 aliphatic rings. The zero-order valence-electron chi connectivity index (χ0n) is 31.2. The summed E-state index contributed by atoms with van der Waals surface area (Å²) >= 11 is 0. The number of nitrogens with zero attached hydrogens (tertiary/aromatic N) is 1. The van der Waals surface area contributed by atoms with Crippen LogP contribution in [-0.4, -0.2) is 41.1 Å². The van der Waals surface area contributed by atoms with E-state index in [1.165, 1.54) is 167 Å². The minimum Gasteiger partial charge on any atom is -0.396 e. The summed E-state index contributed by atoms with van der Waals surface area (Å²) < 4.78 is -0.0439. The van der Waals surface area contributed by atoms with Crippen LogP contribution in [0.4, 0.5) is 0 Å². The summed E-state index contributed by atoms with van der Waals surface area (Å²) in [6, 6.07) is 0. The van der Waals surface area contributed by atoms with E-state index in [-0.39, 0.29) is 22.9 Å². The highest BCUT2D eigenvalue weighted by Crippen LogP contribution is 2.21. The third-order valence-corrected chi connectivity index (χ3v) is 10.2. The third kappa shape index (κ3) is 26.0. The predicted octanol–water partition coefficient (Wildman–Crippen LogP) is 12.8. The molecule has 0 saturated carbocycles. The van der Waals surface area contributed by atoms with Crippen molar-refractivity contribution in [2.24, 2.45) is 0 Å². The standard InChI is InChI=1S/C41H82NO3/c1-4-7-9-11-13-15-17-19-21-23-25-27-29-31-33-36-40(44)42(6-3,38-35-39-43)41(45)37-34-32-30-28-26-24-22-20-18-16-14-12-10-8-5-2/h43H,4-39H2,1-3H3/q+1. The molecule has 0 rings (SSSR count). The molecular weight excluding hydrogens is 554 g/mol. The number of carbonyl (C=O) groups excluding carboxylic acids is 2. The SMILES string of the molecule is CCCCCCCCCCCCCCCCCC(=O)[N+](CC)(CCCO)C(=O)CCCCCCCCCCCCCCCCC. The highest BCUT2D eigenvalue weighted by Gasteiger charge is 2.41. The first-order valence-electron chi connectivity index (χ1n) is 20.6. The maximum Gasteiger partial charge on any atom is 0.321 e. The van der Waals surface area contributed by atoms with Crippen LogP contribution in [0, 0.1) is 0 Å². The molecule has 0 bridgehead atoms. The van der Waals surface area contributed by atoms with Crippen LogP contribution in [0.5, 0.6) is 0 Å². The zero-order valence-corrected chi connectivity index (χ0v) is 31.2. The molecule has 4 nitrogen and oxygen atoms in total. The smallest absolute Gasteiger partial charge is 0.321 e. The molecule has 0 aromatic carbocycles. The van der Waals surface area contributed by atoms with Gasteiger partial charge in [0.05, 0.1) is 25.9 Å². The Labute approximate surface area is 282 Å². The number of aliphatic hydroxyl groups excluding tert-OH is 1. The fourth-order valence-electron chi connectivity index (χ4n) is 6.96. The van der Waals surface area contributed by atoms with Crippen molar-refractivity contribution in [1.29, 1.82) is 0 Å². The highest BCUT2D eigenvalue weighted by atomic mass is 16.3. The van der Waals surface area contributed by atoms with E-state index in [9.17, 15) is 14.7 Å². The van der Waals surface area contributed by atoms with Crippen molar-refractivity contribution in [3.8, 4) is 0 Å². The zero-order chi connectivity index (χ0) is 33.1. The van der Waals surface area contributed by atoms with Gasteiger partial charge in [-0.05, 0) is 19.8 Å². The first-order chi connectivity index (χ1) is 22.1. The Bertz CT molecular complexity index is 588. The average Bonchev–Trinajstić information content (AvgIpc) is 3.05. The van der Waals surface area contributed by atoms with Crippen molar-refractivity contribution in [1.82, 2.24) is 0 Å². The van der Waals surface area contributed by atoms with Crippen molar-refractivity contribution in [3.63, 3.8) is 0 Å². The lowest BCUT2D eigenvalue weighted by atomic mass is 10.0. The molecule has 0 saturated heterocycles. The molecular formula is C41H82NO3+. The van der Waals surface area contributed by atoms with Gasteiger partial charge < -0.3 is 5.11 Å². The van der Waals surface area contributed by atoms with E-state index >= 15 is 0 Å². The number of hydrogen-bond donors (Lipinski definition) is 1. The molecule has 45 heavy (non-hydrogen) atoms. The molecule has 0 aliphatic carbocycles. The van der Waals surface area contributed by atoms with E-state index in [2.05, 4.69) is 13.8 Å². The van der Waals surface area contributed by atoms with Crippen LogP contribution >= 0.6 is 0 Å². The molecule has 1 N–H and O–H groups in total. The summed E-state index contributed by atoms with van der Waals surface area (Å²) in [6.45, 7) is 7.56. The van der Waals surface area contributed by atoms with Gasteiger partial charge >= 0.3 is 11.8 Å². The minimum absolute atomic E-state index is 0.0402. The van der Waals surface area contributed by atoms with Crippen LogP contribution in [0.25, 0.3) is 0 Å². The molecule has 0 radical (unpaired) electrons. The van der Waals surface area contributed by atoms with Crippen molar-refractivity contribution in [3.05, 3.63) is 0 Å². The number of carbonyl (C=O) groups is 2. The fourth-order valence-corrected chi connectivity index (χ4v) is 6.96. The van der Waals surface area contributed by atoms with Gasteiger partial charge in [0.15, 0.2) is 0 Å². The number of amides is 2. The predicted molar refractivity (Wildman–Crippen MR) is 196 cm³/mol. The van der Waals surface area contributed by atoms with Crippen molar-refractivity contribution in [2.45, 2.75) is 233 Å². The highest BCUT2D eigenvalue weighted by molar-refractivity contribution is 5.84. The second kappa shape index (κ2) is 34.6. The van der Waals surface area contributed by atoms with E-state index in [1.807, 2.05) is 6.92 Å². The molecule has 0 spiro atoms. The molecule has 0 aromatic heterocycles. The maximum absolute atomic E-state index is 13.4. The molecule has 0 heterocycles. The number of aliphatic hydroxyl groups is 1. The summed E-state index contributed by atoms with van der Waals surface area (Å²) in [5, 5.41) is 9.49. The average molecular weight is 637 g/mol. The van der Waals surface area contributed by atoms with Crippen LogP contribution in [0.15, 0.2) is 0 Å². The third-order valence-electron chi connectivity index (χ3n) is 10.2. The quantitative estimate of drug-likeness (QED) is 0.0550. The summed E-state index contributed by atoms with van der Waals surface area (Å²) in [6.07, 6.45) is 40.8. The largest absolute Gasteiger partial charge is 0.396 e. The van der Waals surface area contributed by atoms with E-state index in [0.29, 0.717) is 32.4 Å². The molecule has 0 aliphatic heterocycles. The Balaban J connectivity index is 4.01. The number of imide groups is 1. The van der Waals surface area contributed by atoms with Gasteiger partial charge in [-0.1, -0.05) is 194 Å². The van der Waals surface area contributed by atoms with Crippen molar-refractivity contribution in [2.75, 3.05) is 19.7 Å². The molecule has 0 unspecified atom stereocenters. The Hall–Kier alpha value is -0.740. The molecule has 0 fully saturated rings. The van der Waals surface area contributed by atoms with Gasteiger partial charge in [0.2, 0.25) is 0 Å². The van der Waals surface area contributed by atoms with Crippen LogP contribution in [0.1, 0.15) is 233 Å². The summed E-state index contributed by atoms with van der Waals surface area (Å²) in [4.78, 5) is 26.8. The number of unbranched alkanes of at least 4 members (excludes halogenated alkanes) is 28. The number of hydrogen-bond acceptors (Lipinski definition) is 3. The summed E-state index contributed by atoms with van der Waals surface area (Å²) in [5.41, 5.74) is 0. The van der Waals surface area contributed by atoms with Gasteiger partial charge in [-0.3, -0.25) is 0 Å². The molecule has 4 heteroatoms. The van der Waals surface area contributed by atoms with Gasteiger partial charge in [-0.25, -0.2) is 9.59 Å². The van der Waals surface area contributed by atoms with Crippen LogP contribution in [0.3, 0.4) is 0 Å². The second-order valence-corrected chi connectivity index (χ2v) is 14.3. The second-order valence-electron chi connectivity index (χ2n) is 14.3. The fraction of sp³-hybridized carbons (Fsp3) is 0.951. The molecule has 0 atom stereocenters. The summed E-state index contributed by atoms with van der Waals surface area (Å²) in [5.74, 6) is 0.179. The van der Waals surface area contributed by atoms with Crippen LogP contribution in [-0.2, 0) is 9.59 Å². The molecule has 2 amide bonds. The van der Waals surface area contributed by atoms with Gasteiger partial charge in [0.1, 0.15) is 0 Å². The molecule has 268 valence electrons. The lowest BCUT2D eigenvalue weighted by molar-refractivity contribution is -0.778. The molecule has 0 aromatic rings. The maximum atomic E-state index is 13.4. The van der Waals surface area contributed by atoms with Gasteiger partial charge in [0.25, 0.3) is 0 Å². The normalized spacial score (nSPS) is 11.8. The number of quaternary nitrogens is 1. The van der Waals surface area contributed by atoms with Crippen molar-refractivity contribution >= 4 is 11.8 Å². The van der Waals surface area contributed by atoms with Crippen LogP contribution in [0.2, 0.25) is 0 Å². The Kier molecular flexibility index (Phi) is 34.0. The van der Waals surface area contributed by atoms with E-state index < -0.39 is 0 Å². The van der Waals surface area contributed by atoms with E-state index in [0.717, 1.165) is 25.7 Å². The lowest BCUT2D eigenvalue weighted by Crippen LogP contribution is -2.57. The van der Waals surface area contributed by atoms with Gasteiger partial charge in [-0.2, -0.15) is 4.48 Å². The topological polar surface area (TPSA) is 54.4 Å². The van der Waals surface area contributed by atoms with E-state index in [4.69, 9.17) is 0 Å². The van der Waals surface area contributed by atoms with Gasteiger partial charge in [0, 0.05) is 13.0 Å². The Morgan fingerprint density at radius 2 is 0.622 bits per heavy atom. The van der Waals surface area contributed by atoms with Gasteiger partial charge in [-0.15, -0.1) is 0 Å². The first kappa shape index (κ1) is 44.3. The first-order valence-corrected chi connectivity index (χ1v) is 20.6. The Morgan fingerprint density at radius 3 is 0.844 bits per heavy atom.